The number of hydrogen-bond donors (Lipinski definition) is 0. The second-order valence-corrected chi connectivity index (χ2v) is 5.60. The lowest BCUT2D eigenvalue weighted by molar-refractivity contribution is 0.0509. The minimum absolute atomic E-state index is 0.332. The summed E-state index contributed by atoms with van der Waals surface area (Å²) in [5.74, 6) is -0.395. The molecule has 2 heterocycles. The molecule has 110 valence electrons. The average molecular weight is 351 g/mol. The third-order valence-corrected chi connectivity index (χ3v) is 3.83. The van der Waals surface area contributed by atoms with Crippen molar-refractivity contribution in [2.75, 3.05) is 13.2 Å². The van der Waals surface area contributed by atoms with Crippen LogP contribution < -0.4 is 0 Å². The minimum atomic E-state index is -0.395. The van der Waals surface area contributed by atoms with Gasteiger partial charge >= 0.3 is 5.97 Å². The van der Waals surface area contributed by atoms with Gasteiger partial charge < -0.3 is 9.47 Å². The van der Waals surface area contributed by atoms with Gasteiger partial charge in [0.2, 0.25) is 0 Å². The number of aromatic nitrogens is 2. The van der Waals surface area contributed by atoms with Gasteiger partial charge in [-0.15, -0.1) is 0 Å². The van der Waals surface area contributed by atoms with E-state index in [1.807, 2.05) is 28.9 Å². The predicted octanol–water partition coefficient (Wildman–Crippen LogP) is 2.88. The van der Waals surface area contributed by atoms with Crippen LogP contribution in [-0.2, 0) is 22.5 Å². The van der Waals surface area contributed by atoms with Crippen molar-refractivity contribution in [3.05, 3.63) is 45.7 Å². The van der Waals surface area contributed by atoms with E-state index in [0.29, 0.717) is 25.5 Å². The normalized spacial score (nSPS) is 13.8. The molecule has 0 unspecified atom stereocenters. The van der Waals surface area contributed by atoms with Gasteiger partial charge in [-0.05, 0) is 25.1 Å². The molecule has 0 bridgehead atoms. The van der Waals surface area contributed by atoms with Gasteiger partial charge in [0.1, 0.15) is 0 Å². The summed E-state index contributed by atoms with van der Waals surface area (Å²) in [6.07, 6.45) is 0.730. The van der Waals surface area contributed by atoms with Crippen molar-refractivity contribution < 1.29 is 14.3 Å². The molecule has 1 aromatic heterocycles. The molecule has 0 radical (unpaired) electrons. The maximum absolute atomic E-state index is 12.1. The van der Waals surface area contributed by atoms with Crippen LogP contribution in [0.25, 0.3) is 5.69 Å². The molecule has 0 saturated heterocycles. The van der Waals surface area contributed by atoms with Crippen LogP contribution in [0.15, 0.2) is 28.7 Å². The molecule has 3 rings (SSSR count). The number of halogens is 1. The SMILES string of the molecule is CCOC(=O)c1nn(-c2cccc(Br)c2)c2c1COCC2. The van der Waals surface area contributed by atoms with E-state index in [2.05, 4.69) is 21.0 Å². The standard InChI is InChI=1S/C15H15BrN2O3/c1-2-21-15(19)14-12-9-20-7-6-13(12)18(17-14)11-5-3-4-10(16)8-11/h3-5,8H,2,6-7,9H2,1H3. The van der Waals surface area contributed by atoms with Gasteiger partial charge in [-0.1, -0.05) is 22.0 Å². The number of esters is 1. The van der Waals surface area contributed by atoms with Crippen LogP contribution in [0.4, 0.5) is 0 Å². The highest BCUT2D eigenvalue weighted by Crippen LogP contribution is 2.25. The van der Waals surface area contributed by atoms with Gasteiger partial charge in [0.25, 0.3) is 0 Å². The molecule has 6 heteroatoms. The van der Waals surface area contributed by atoms with Crippen LogP contribution in [0.2, 0.25) is 0 Å². The highest BCUT2D eigenvalue weighted by Gasteiger charge is 2.26. The van der Waals surface area contributed by atoms with E-state index < -0.39 is 5.97 Å². The quantitative estimate of drug-likeness (QED) is 0.798. The number of carbonyl (C=O) groups excluding carboxylic acids is 1. The van der Waals surface area contributed by atoms with Crippen molar-refractivity contribution in [1.29, 1.82) is 0 Å². The van der Waals surface area contributed by atoms with Gasteiger partial charge in [-0.25, -0.2) is 9.48 Å². The highest BCUT2D eigenvalue weighted by atomic mass is 79.9. The van der Waals surface area contributed by atoms with Crippen LogP contribution in [0.5, 0.6) is 0 Å². The number of benzene rings is 1. The lowest BCUT2D eigenvalue weighted by atomic mass is 10.1. The molecule has 0 N–H and O–H groups in total. The van der Waals surface area contributed by atoms with Crippen LogP contribution in [0, 0.1) is 0 Å². The molecular formula is C15H15BrN2O3. The molecule has 0 aliphatic carbocycles. The lowest BCUT2D eigenvalue weighted by Crippen LogP contribution is -2.14. The first kappa shape index (κ1) is 14.3. The largest absolute Gasteiger partial charge is 0.461 e. The second kappa shape index (κ2) is 5.99. The van der Waals surface area contributed by atoms with E-state index in [0.717, 1.165) is 27.8 Å². The van der Waals surface area contributed by atoms with Gasteiger partial charge in [0.15, 0.2) is 5.69 Å². The average Bonchev–Trinajstić information content (AvgIpc) is 2.87. The fourth-order valence-electron chi connectivity index (χ4n) is 2.42. The zero-order chi connectivity index (χ0) is 14.8. The lowest BCUT2D eigenvalue weighted by Gasteiger charge is -2.15. The smallest absolute Gasteiger partial charge is 0.359 e. The number of ether oxygens (including phenoxy) is 2. The molecule has 0 fully saturated rings. The number of fused-ring (bicyclic) bond motifs is 1. The Morgan fingerprint density at radius 3 is 3.14 bits per heavy atom. The third kappa shape index (κ3) is 2.73. The molecule has 1 aliphatic heterocycles. The van der Waals surface area contributed by atoms with Crippen molar-refractivity contribution in [3.63, 3.8) is 0 Å². The summed E-state index contributed by atoms with van der Waals surface area (Å²) < 4.78 is 13.3. The van der Waals surface area contributed by atoms with Crippen LogP contribution in [0.3, 0.4) is 0 Å². The summed E-state index contributed by atoms with van der Waals surface area (Å²) in [6, 6.07) is 7.83. The summed E-state index contributed by atoms with van der Waals surface area (Å²) >= 11 is 3.46. The van der Waals surface area contributed by atoms with E-state index in [-0.39, 0.29) is 0 Å². The molecule has 1 aliphatic rings. The van der Waals surface area contributed by atoms with E-state index in [1.165, 1.54) is 0 Å². The van der Waals surface area contributed by atoms with E-state index in [4.69, 9.17) is 9.47 Å². The van der Waals surface area contributed by atoms with Crippen molar-refractivity contribution >= 4 is 21.9 Å². The summed E-state index contributed by atoms with van der Waals surface area (Å²) in [4.78, 5) is 12.1. The predicted molar refractivity (Wildman–Crippen MR) is 80.6 cm³/mol. The zero-order valence-corrected chi connectivity index (χ0v) is 13.2. The maximum Gasteiger partial charge on any atom is 0.359 e. The van der Waals surface area contributed by atoms with E-state index >= 15 is 0 Å². The molecule has 21 heavy (non-hydrogen) atoms. The van der Waals surface area contributed by atoms with Gasteiger partial charge in [-0.2, -0.15) is 5.10 Å². The van der Waals surface area contributed by atoms with Gasteiger partial charge in [0.05, 0.1) is 31.2 Å². The number of carbonyl (C=O) groups is 1. The maximum atomic E-state index is 12.1. The van der Waals surface area contributed by atoms with Crippen LogP contribution in [0.1, 0.15) is 28.7 Å². The fraction of sp³-hybridized carbons (Fsp3) is 0.333. The number of nitrogens with zero attached hydrogens (tertiary/aromatic N) is 2. The van der Waals surface area contributed by atoms with Gasteiger partial charge in [-0.3, -0.25) is 0 Å². The second-order valence-electron chi connectivity index (χ2n) is 4.69. The first-order chi connectivity index (χ1) is 10.2. The zero-order valence-electron chi connectivity index (χ0n) is 11.6. The number of hydrogen-bond acceptors (Lipinski definition) is 4. The molecule has 5 nitrogen and oxygen atoms in total. The van der Waals surface area contributed by atoms with E-state index in [1.54, 1.807) is 6.92 Å². The molecule has 2 aromatic rings. The Morgan fingerprint density at radius 2 is 2.38 bits per heavy atom. The van der Waals surface area contributed by atoms with Crippen LogP contribution >= 0.6 is 15.9 Å². The van der Waals surface area contributed by atoms with Crippen molar-refractivity contribution in [1.82, 2.24) is 9.78 Å². The molecule has 1 aromatic carbocycles. The minimum Gasteiger partial charge on any atom is -0.461 e. The molecule has 0 saturated carbocycles. The van der Waals surface area contributed by atoms with Crippen molar-refractivity contribution in [3.8, 4) is 5.69 Å². The molecule has 0 amide bonds. The summed E-state index contributed by atoms with van der Waals surface area (Å²) in [6.45, 7) is 3.15. The third-order valence-electron chi connectivity index (χ3n) is 3.34. The summed E-state index contributed by atoms with van der Waals surface area (Å²) in [7, 11) is 0. The first-order valence-corrected chi connectivity index (χ1v) is 7.61. The summed E-state index contributed by atoms with van der Waals surface area (Å²) in [5.41, 5.74) is 3.12. The van der Waals surface area contributed by atoms with Crippen molar-refractivity contribution in [2.45, 2.75) is 20.0 Å². The van der Waals surface area contributed by atoms with Crippen LogP contribution in [-0.4, -0.2) is 29.0 Å². The topological polar surface area (TPSA) is 53.3 Å². The van der Waals surface area contributed by atoms with E-state index in [9.17, 15) is 4.79 Å². The first-order valence-electron chi connectivity index (χ1n) is 6.82. The Kier molecular flexibility index (Phi) is 4.07. The number of rotatable bonds is 3. The molecule has 0 atom stereocenters. The monoisotopic (exact) mass is 350 g/mol. The Balaban J connectivity index is 2.11. The van der Waals surface area contributed by atoms with Crippen molar-refractivity contribution in [2.24, 2.45) is 0 Å². The Morgan fingerprint density at radius 1 is 1.52 bits per heavy atom. The Bertz CT molecular complexity index is 682. The van der Waals surface area contributed by atoms with Gasteiger partial charge in [0, 0.05) is 16.5 Å². The fourth-order valence-corrected chi connectivity index (χ4v) is 2.81. The Hall–Kier alpha value is -1.66. The molecular weight excluding hydrogens is 336 g/mol. The molecule has 0 spiro atoms. The summed E-state index contributed by atoms with van der Waals surface area (Å²) in [5, 5.41) is 4.46. The highest BCUT2D eigenvalue weighted by molar-refractivity contribution is 9.10. The Labute approximate surface area is 131 Å².